The number of aromatic nitrogens is 1. The number of carbonyl (C=O) groups excluding carboxylic acids is 2. The van der Waals surface area contributed by atoms with Gasteiger partial charge in [-0.25, -0.2) is 4.39 Å². The van der Waals surface area contributed by atoms with Crippen LogP contribution in [-0.2, 0) is 21.0 Å². The van der Waals surface area contributed by atoms with Crippen LogP contribution in [-0.4, -0.2) is 46.0 Å². The van der Waals surface area contributed by atoms with Crippen molar-refractivity contribution in [3.8, 4) is 22.3 Å². The van der Waals surface area contributed by atoms with Gasteiger partial charge in [0.1, 0.15) is 18.1 Å². The van der Waals surface area contributed by atoms with E-state index in [-0.39, 0.29) is 25.5 Å². The maximum atomic E-state index is 15.1. The Labute approximate surface area is 291 Å². The van der Waals surface area contributed by atoms with Crippen molar-refractivity contribution >= 4 is 23.6 Å². The monoisotopic (exact) mass is 676 g/mol. The minimum absolute atomic E-state index is 0.119. The van der Waals surface area contributed by atoms with Crippen molar-refractivity contribution in [1.29, 1.82) is 0 Å². The van der Waals surface area contributed by atoms with Gasteiger partial charge < -0.3 is 19.5 Å². The minimum atomic E-state index is -1.14. The number of aliphatic hydroxyl groups excluding tert-OH is 2. The summed E-state index contributed by atoms with van der Waals surface area (Å²) in [5.74, 6) is -1.43. The predicted molar refractivity (Wildman–Crippen MR) is 192 cm³/mol. The number of benzene rings is 4. The van der Waals surface area contributed by atoms with Gasteiger partial charge in [-0.05, 0) is 60.9 Å². The zero-order valence-corrected chi connectivity index (χ0v) is 28.3. The average molecular weight is 677 g/mol. The van der Waals surface area contributed by atoms with E-state index < -0.39 is 29.9 Å². The van der Waals surface area contributed by atoms with Crippen molar-refractivity contribution in [3.63, 3.8) is 0 Å². The Hall–Kier alpha value is -5.35. The molecule has 1 heterocycles. The summed E-state index contributed by atoms with van der Waals surface area (Å²) in [5, 5.41) is 22.6. The summed E-state index contributed by atoms with van der Waals surface area (Å²) < 4.78 is 20.8. The molecule has 0 saturated heterocycles. The number of hydroxylamine groups is 1. The second-order valence-electron chi connectivity index (χ2n) is 12.1. The van der Waals surface area contributed by atoms with Gasteiger partial charge in [0.2, 0.25) is 0 Å². The van der Waals surface area contributed by atoms with Crippen LogP contribution in [0.5, 0.6) is 0 Å². The molecule has 2 N–H and O–H groups in total. The van der Waals surface area contributed by atoms with Gasteiger partial charge in [-0.15, -0.1) is 0 Å². The first-order valence-corrected chi connectivity index (χ1v) is 16.4. The third kappa shape index (κ3) is 8.62. The molecular formula is C41H41FN2O6. The largest absolute Gasteiger partial charge is 0.469 e. The number of nitrogens with zero attached hydrogens (tertiary/aromatic N) is 2. The zero-order valence-electron chi connectivity index (χ0n) is 28.3. The van der Waals surface area contributed by atoms with Gasteiger partial charge in [-0.1, -0.05) is 97.1 Å². The lowest BCUT2D eigenvalue weighted by molar-refractivity contribution is -0.143. The fraction of sp³-hybridized carbons (Fsp3) is 0.220. The van der Waals surface area contributed by atoms with Crippen molar-refractivity contribution in [2.24, 2.45) is 0 Å². The second kappa shape index (κ2) is 16.8. The average Bonchev–Trinajstić information content (AvgIpc) is 3.47. The number of ether oxygens (including phenoxy) is 1. The standard InChI is InChI=1S/C41H41FN2O6/c1-28(2)43-36(24-23-34(45)25-35(46)26-37(47)49-3)38(31-19-21-32(42)22-20-31)39(30-15-9-5-10-16-30)40(43)41(48)44(33-17-11-6-12-18-33)50-27-29-13-7-4-8-14-29/h4-24,28,34-35,45-46H,25-27H2,1-3H3. The fourth-order valence-corrected chi connectivity index (χ4v) is 5.85. The first-order valence-electron chi connectivity index (χ1n) is 16.4. The molecule has 5 aromatic rings. The van der Waals surface area contributed by atoms with E-state index in [0.717, 1.165) is 11.1 Å². The SMILES string of the molecule is COC(=O)CC(O)CC(O)C=Cc1c(-c2ccc(F)cc2)c(-c2ccccc2)c(C(=O)N(OCc2ccccc2)c2ccccc2)n1C(C)C. The smallest absolute Gasteiger partial charge is 0.308 e. The van der Waals surface area contributed by atoms with E-state index in [2.05, 4.69) is 4.74 Å². The molecule has 9 heteroatoms. The highest BCUT2D eigenvalue weighted by Crippen LogP contribution is 2.43. The molecule has 1 aromatic heterocycles. The van der Waals surface area contributed by atoms with Crippen LogP contribution >= 0.6 is 0 Å². The highest BCUT2D eigenvalue weighted by Gasteiger charge is 2.33. The van der Waals surface area contributed by atoms with Crippen LogP contribution in [0.15, 0.2) is 121 Å². The van der Waals surface area contributed by atoms with E-state index >= 15 is 4.79 Å². The van der Waals surface area contributed by atoms with Crippen LogP contribution in [0, 0.1) is 5.82 Å². The highest BCUT2D eigenvalue weighted by molar-refractivity contribution is 6.12. The summed E-state index contributed by atoms with van der Waals surface area (Å²) in [7, 11) is 1.23. The number of aliphatic hydroxyl groups is 2. The maximum Gasteiger partial charge on any atom is 0.308 e. The second-order valence-corrected chi connectivity index (χ2v) is 12.1. The van der Waals surface area contributed by atoms with Gasteiger partial charge in [0.05, 0.1) is 31.4 Å². The molecule has 50 heavy (non-hydrogen) atoms. The summed E-state index contributed by atoms with van der Waals surface area (Å²) >= 11 is 0. The first kappa shape index (κ1) is 35.9. The number of para-hydroxylation sites is 1. The third-order valence-corrected chi connectivity index (χ3v) is 8.16. The van der Waals surface area contributed by atoms with E-state index in [1.165, 1.54) is 30.4 Å². The Kier molecular flexibility index (Phi) is 12.1. The van der Waals surface area contributed by atoms with Gasteiger partial charge in [-0.3, -0.25) is 14.4 Å². The van der Waals surface area contributed by atoms with Crippen LogP contribution in [0.4, 0.5) is 10.1 Å². The van der Waals surface area contributed by atoms with Crippen LogP contribution in [0.3, 0.4) is 0 Å². The topological polar surface area (TPSA) is 101 Å². The van der Waals surface area contributed by atoms with Gasteiger partial charge in [0.25, 0.3) is 5.91 Å². The van der Waals surface area contributed by atoms with Crippen LogP contribution in [0.1, 0.15) is 54.5 Å². The summed E-state index contributed by atoms with van der Waals surface area (Å²) in [4.78, 5) is 33.1. The zero-order chi connectivity index (χ0) is 35.6. The number of halogens is 1. The first-order chi connectivity index (χ1) is 24.2. The molecule has 0 aliphatic carbocycles. The molecule has 0 aliphatic heterocycles. The molecule has 1 amide bonds. The molecule has 0 radical (unpaired) electrons. The molecule has 0 bridgehead atoms. The normalized spacial score (nSPS) is 12.6. The summed E-state index contributed by atoms with van der Waals surface area (Å²) in [5.41, 5.74) is 4.93. The van der Waals surface area contributed by atoms with E-state index in [1.807, 2.05) is 97.3 Å². The van der Waals surface area contributed by atoms with E-state index in [9.17, 15) is 19.4 Å². The minimum Gasteiger partial charge on any atom is -0.469 e. The Morgan fingerprint density at radius 1 is 0.820 bits per heavy atom. The van der Waals surface area contributed by atoms with Crippen molar-refractivity contribution in [3.05, 3.63) is 144 Å². The summed E-state index contributed by atoms with van der Waals surface area (Å²) in [6.45, 7) is 4.03. The molecule has 8 nitrogen and oxygen atoms in total. The van der Waals surface area contributed by atoms with E-state index in [1.54, 1.807) is 30.3 Å². The molecule has 0 aliphatic rings. The molecular weight excluding hydrogens is 635 g/mol. The summed E-state index contributed by atoms with van der Waals surface area (Å²) in [6.07, 6.45) is 0.571. The molecule has 2 unspecified atom stereocenters. The maximum absolute atomic E-state index is 15.1. The van der Waals surface area contributed by atoms with Crippen molar-refractivity contribution in [2.45, 2.75) is 51.5 Å². The summed E-state index contributed by atoms with van der Waals surface area (Å²) in [6, 6.07) is 33.9. The Bertz CT molecular complexity index is 1890. The molecule has 2 atom stereocenters. The van der Waals surface area contributed by atoms with Crippen LogP contribution < -0.4 is 5.06 Å². The lowest BCUT2D eigenvalue weighted by Gasteiger charge is -2.25. The number of esters is 1. The number of methoxy groups -OCH3 is 1. The lowest BCUT2D eigenvalue weighted by atomic mass is 9.94. The van der Waals surface area contributed by atoms with Crippen LogP contribution in [0.2, 0.25) is 0 Å². The number of amides is 1. The van der Waals surface area contributed by atoms with Crippen molar-refractivity contribution < 1.29 is 33.8 Å². The molecule has 0 fully saturated rings. The number of rotatable bonds is 14. The number of carbonyl (C=O) groups is 2. The van der Waals surface area contributed by atoms with Gasteiger partial charge in [-0.2, -0.15) is 5.06 Å². The quantitative estimate of drug-likeness (QED) is 0.0913. The molecule has 0 saturated carbocycles. The lowest BCUT2D eigenvalue weighted by Crippen LogP contribution is -2.33. The van der Waals surface area contributed by atoms with E-state index in [4.69, 9.17) is 4.84 Å². The van der Waals surface area contributed by atoms with Gasteiger partial charge in [0.15, 0.2) is 0 Å². The van der Waals surface area contributed by atoms with Gasteiger partial charge >= 0.3 is 5.97 Å². The Morgan fingerprint density at radius 2 is 1.40 bits per heavy atom. The number of anilines is 1. The van der Waals surface area contributed by atoms with Gasteiger partial charge in [0, 0.05) is 29.3 Å². The highest BCUT2D eigenvalue weighted by atomic mass is 19.1. The number of hydrogen-bond donors (Lipinski definition) is 2. The fourth-order valence-electron chi connectivity index (χ4n) is 5.85. The Morgan fingerprint density at radius 3 is 2.00 bits per heavy atom. The molecule has 258 valence electrons. The van der Waals surface area contributed by atoms with Crippen molar-refractivity contribution in [1.82, 2.24) is 4.57 Å². The van der Waals surface area contributed by atoms with Crippen molar-refractivity contribution in [2.75, 3.05) is 12.2 Å². The molecule has 0 spiro atoms. The predicted octanol–water partition coefficient (Wildman–Crippen LogP) is 8.01. The molecule has 4 aromatic carbocycles. The van der Waals surface area contributed by atoms with Crippen LogP contribution in [0.25, 0.3) is 28.3 Å². The van der Waals surface area contributed by atoms with E-state index in [0.29, 0.717) is 33.8 Å². The Balaban J connectivity index is 1.73. The third-order valence-electron chi connectivity index (χ3n) is 8.16. The molecule has 5 rings (SSSR count). The number of hydrogen-bond acceptors (Lipinski definition) is 6.